The maximum Gasteiger partial charge on any atom is 0.337 e. The second-order valence-corrected chi connectivity index (χ2v) is 9.26. The molecule has 0 amide bonds. The van der Waals surface area contributed by atoms with Gasteiger partial charge in [-0.05, 0) is 69.6 Å². The summed E-state index contributed by atoms with van der Waals surface area (Å²) in [6.07, 6.45) is 2.05. The van der Waals surface area contributed by atoms with Gasteiger partial charge in [0.15, 0.2) is 0 Å². The number of benzene rings is 3. The minimum atomic E-state index is -0.320. The first-order valence-corrected chi connectivity index (χ1v) is 12.8. The molecule has 5 heteroatoms. The summed E-state index contributed by atoms with van der Waals surface area (Å²) >= 11 is 1.68. The van der Waals surface area contributed by atoms with Crippen molar-refractivity contribution in [3.63, 3.8) is 0 Å². The molecule has 3 aromatic carbocycles. The predicted octanol–water partition coefficient (Wildman–Crippen LogP) is 6.37. The summed E-state index contributed by atoms with van der Waals surface area (Å²) in [5.74, 6) is -0.320. The normalized spacial score (nSPS) is 11.8. The Labute approximate surface area is 211 Å². The summed E-state index contributed by atoms with van der Waals surface area (Å²) in [6.45, 7) is 1.96. The number of ether oxygens (including phenoxy) is 2. The van der Waals surface area contributed by atoms with E-state index in [0.717, 1.165) is 18.4 Å². The lowest BCUT2D eigenvalue weighted by atomic mass is 10.0. The number of rotatable bonds is 12. The third-order valence-electron chi connectivity index (χ3n) is 5.97. The van der Waals surface area contributed by atoms with Gasteiger partial charge in [-0.1, -0.05) is 66.7 Å². The number of hydrogen-bond donors (Lipinski definition) is 1. The number of carbonyl (C=O) groups is 1. The first kappa shape index (κ1) is 24.9. The van der Waals surface area contributed by atoms with Gasteiger partial charge in [0.25, 0.3) is 0 Å². The quantitative estimate of drug-likeness (QED) is 0.237. The van der Waals surface area contributed by atoms with E-state index in [0.29, 0.717) is 25.3 Å². The SMILES string of the molecule is COC(=O)c1ccc(CNCC(OCc2ccc(CCc3ccccc3)cc2)c2ccsc2)cc1. The molecule has 4 nitrogen and oxygen atoms in total. The Morgan fingerprint density at radius 1 is 0.829 bits per heavy atom. The number of carbonyl (C=O) groups excluding carboxylic acids is 1. The number of thiophene rings is 1. The van der Waals surface area contributed by atoms with Crippen molar-refractivity contribution >= 4 is 17.3 Å². The topological polar surface area (TPSA) is 47.6 Å². The van der Waals surface area contributed by atoms with E-state index in [9.17, 15) is 4.79 Å². The first-order chi connectivity index (χ1) is 17.2. The third-order valence-corrected chi connectivity index (χ3v) is 6.67. The van der Waals surface area contributed by atoms with E-state index in [2.05, 4.69) is 76.7 Å². The van der Waals surface area contributed by atoms with Crippen molar-refractivity contribution in [3.8, 4) is 0 Å². The first-order valence-electron chi connectivity index (χ1n) is 11.8. The Morgan fingerprint density at radius 2 is 1.49 bits per heavy atom. The van der Waals surface area contributed by atoms with Crippen molar-refractivity contribution in [2.75, 3.05) is 13.7 Å². The van der Waals surface area contributed by atoms with Gasteiger partial charge in [0.1, 0.15) is 0 Å². The molecule has 1 unspecified atom stereocenters. The zero-order valence-electron chi connectivity index (χ0n) is 20.0. The van der Waals surface area contributed by atoms with E-state index in [1.165, 1.54) is 29.4 Å². The van der Waals surface area contributed by atoms with Crippen LogP contribution in [0.1, 0.15) is 44.3 Å². The average Bonchev–Trinajstić information content (AvgIpc) is 3.45. The third kappa shape index (κ3) is 7.62. The number of aryl methyl sites for hydroxylation is 2. The average molecular weight is 486 g/mol. The summed E-state index contributed by atoms with van der Waals surface area (Å²) in [5.41, 5.74) is 6.72. The molecule has 1 atom stereocenters. The van der Waals surface area contributed by atoms with Gasteiger partial charge in [0.2, 0.25) is 0 Å². The zero-order valence-corrected chi connectivity index (χ0v) is 20.8. The molecule has 0 saturated heterocycles. The van der Waals surface area contributed by atoms with Gasteiger partial charge in [0.05, 0.1) is 25.4 Å². The zero-order chi connectivity index (χ0) is 24.3. The van der Waals surface area contributed by atoms with Gasteiger partial charge >= 0.3 is 5.97 Å². The van der Waals surface area contributed by atoms with Crippen LogP contribution in [0.2, 0.25) is 0 Å². The number of methoxy groups -OCH3 is 1. The fourth-order valence-electron chi connectivity index (χ4n) is 3.89. The number of esters is 1. The largest absolute Gasteiger partial charge is 0.465 e. The molecule has 0 spiro atoms. The molecular formula is C30H31NO3S. The van der Waals surface area contributed by atoms with Crippen LogP contribution in [0.5, 0.6) is 0 Å². The molecule has 0 saturated carbocycles. The smallest absolute Gasteiger partial charge is 0.337 e. The number of nitrogens with one attached hydrogen (secondary N) is 1. The molecule has 0 bridgehead atoms. The van der Waals surface area contributed by atoms with Gasteiger partial charge in [-0.3, -0.25) is 0 Å². The second-order valence-electron chi connectivity index (χ2n) is 8.48. The molecule has 1 aromatic heterocycles. The highest BCUT2D eigenvalue weighted by Gasteiger charge is 2.13. The summed E-state index contributed by atoms with van der Waals surface area (Å²) in [4.78, 5) is 11.6. The highest BCUT2D eigenvalue weighted by atomic mass is 32.1. The van der Waals surface area contributed by atoms with E-state index >= 15 is 0 Å². The fourth-order valence-corrected chi connectivity index (χ4v) is 4.59. The Kier molecular flexibility index (Phi) is 9.24. The summed E-state index contributed by atoms with van der Waals surface area (Å²) in [7, 11) is 1.39. The van der Waals surface area contributed by atoms with Gasteiger partial charge in [0, 0.05) is 13.1 Å². The Balaban J connectivity index is 1.27. The maximum absolute atomic E-state index is 11.6. The van der Waals surface area contributed by atoms with Crippen molar-refractivity contribution in [1.29, 1.82) is 0 Å². The number of hydrogen-bond acceptors (Lipinski definition) is 5. The molecule has 4 rings (SSSR count). The molecule has 0 aliphatic rings. The van der Waals surface area contributed by atoms with Crippen LogP contribution in [0.3, 0.4) is 0 Å². The molecule has 0 aliphatic heterocycles. The van der Waals surface area contributed by atoms with Crippen LogP contribution in [0.4, 0.5) is 0 Å². The minimum Gasteiger partial charge on any atom is -0.465 e. The van der Waals surface area contributed by atoms with Gasteiger partial charge in [-0.25, -0.2) is 4.79 Å². The van der Waals surface area contributed by atoms with Crippen molar-refractivity contribution in [2.45, 2.75) is 32.1 Å². The Hall–Kier alpha value is -3.25. The van der Waals surface area contributed by atoms with E-state index in [-0.39, 0.29) is 12.1 Å². The molecule has 0 radical (unpaired) electrons. The van der Waals surface area contributed by atoms with Gasteiger partial charge < -0.3 is 14.8 Å². The van der Waals surface area contributed by atoms with Crippen LogP contribution in [0.15, 0.2) is 95.7 Å². The van der Waals surface area contributed by atoms with Crippen LogP contribution in [-0.2, 0) is 35.5 Å². The van der Waals surface area contributed by atoms with Crippen LogP contribution in [0.25, 0.3) is 0 Å². The predicted molar refractivity (Wildman–Crippen MR) is 142 cm³/mol. The molecule has 4 aromatic rings. The molecule has 1 N–H and O–H groups in total. The molecule has 0 aliphatic carbocycles. The fraction of sp³-hybridized carbons (Fsp3) is 0.233. The van der Waals surface area contributed by atoms with Gasteiger partial charge in [-0.15, -0.1) is 0 Å². The van der Waals surface area contributed by atoms with E-state index in [4.69, 9.17) is 9.47 Å². The summed E-state index contributed by atoms with van der Waals surface area (Å²) in [5, 5.41) is 7.72. The van der Waals surface area contributed by atoms with Crippen LogP contribution >= 0.6 is 11.3 Å². The highest BCUT2D eigenvalue weighted by Crippen LogP contribution is 2.22. The van der Waals surface area contributed by atoms with E-state index in [1.54, 1.807) is 23.5 Å². The maximum atomic E-state index is 11.6. The van der Waals surface area contributed by atoms with E-state index in [1.807, 2.05) is 12.1 Å². The van der Waals surface area contributed by atoms with Crippen molar-refractivity contribution in [1.82, 2.24) is 5.32 Å². The van der Waals surface area contributed by atoms with Crippen LogP contribution < -0.4 is 5.32 Å². The monoisotopic (exact) mass is 485 g/mol. The Bertz CT molecular complexity index is 1160. The molecular weight excluding hydrogens is 454 g/mol. The minimum absolute atomic E-state index is 0.0339. The van der Waals surface area contributed by atoms with Gasteiger partial charge in [-0.2, -0.15) is 11.3 Å². The van der Waals surface area contributed by atoms with Crippen LogP contribution in [0, 0.1) is 0 Å². The molecule has 35 heavy (non-hydrogen) atoms. The lowest BCUT2D eigenvalue weighted by Crippen LogP contribution is -2.23. The molecule has 180 valence electrons. The summed E-state index contributed by atoms with van der Waals surface area (Å²) in [6, 6.07) is 28.9. The van der Waals surface area contributed by atoms with Crippen molar-refractivity contribution in [3.05, 3.63) is 129 Å². The standard InChI is InChI=1S/C30H31NO3S/c1-33-30(32)27-15-13-25(14-16-27)19-31-20-29(28-17-18-35-22-28)34-21-26-11-9-24(10-12-26)8-7-23-5-3-2-4-6-23/h2-6,9-18,22,29,31H,7-8,19-21H2,1H3. The van der Waals surface area contributed by atoms with E-state index < -0.39 is 0 Å². The lowest BCUT2D eigenvalue weighted by molar-refractivity contribution is 0.0398. The highest BCUT2D eigenvalue weighted by molar-refractivity contribution is 7.07. The van der Waals surface area contributed by atoms with Crippen LogP contribution in [-0.4, -0.2) is 19.6 Å². The second kappa shape index (κ2) is 13.0. The molecule has 0 fully saturated rings. The Morgan fingerprint density at radius 3 is 2.14 bits per heavy atom. The summed E-state index contributed by atoms with van der Waals surface area (Å²) < 4.78 is 11.1. The molecule has 1 heterocycles. The van der Waals surface area contributed by atoms with Crippen molar-refractivity contribution in [2.24, 2.45) is 0 Å². The lowest BCUT2D eigenvalue weighted by Gasteiger charge is -2.18. The van der Waals surface area contributed by atoms with Crippen molar-refractivity contribution < 1.29 is 14.3 Å².